The predicted molar refractivity (Wildman–Crippen MR) is 117 cm³/mol. The smallest absolute Gasteiger partial charge is 0.237 e. The fourth-order valence-electron chi connectivity index (χ4n) is 4.80. The number of ether oxygens (including phenoxy) is 1. The number of piperazine rings is 1. The molecule has 6 nitrogen and oxygen atoms in total. The number of hydrogen-bond acceptors (Lipinski definition) is 5. The van der Waals surface area contributed by atoms with Gasteiger partial charge in [-0.3, -0.25) is 9.69 Å². The summed E-state index contributed by atoms with van der Waals surface area (Å²) in [5.74, 6) is 2.59. The van der Waals surface area contributed by atoms with Crippen LogP contribution in [0.3, 0.4) is 0 Å². The number of carbonyl (C=O) groups is 1. The molecular formula is C24H33N3O3. The minimum absolute atomic E-state index is 0.260. The van der Waals surface area contributed by atoms with Crippen LogP contribution in [0.1, 0.15) is 54.7 Å². The lowest BCUT2D eigenvalue weighted by atomic mass is 9.93. The molecule has 1 aliphatic heterocycles. The van der Waals surface area contributed by atoms with Crippen LogP contribution in [-0.4, -0.2) is 53.5 Å². The summed E-state index contributed by atoms with van der Waals surface area (Å²) in [6, 6.07) is 4.41. The Morgan fingerprint density at radius 3 is 2.57 bits per heavy atom. The number of oxazole rings is 1. The van der Waals surface area contributed by atoms with Crippen LogP contribution < -0.4 is 4.74 Å². The molecule has 1 aliphatic carbocycles. The van der Waals surface area contributed by atoms with E-state index in [0.29, 0.717) is 25.0 Å². The van der Waals surface area contributed by atoms with Crippen LogP contribution in [0.2, 0.25) is 0 Å². The van der Waals surface area contributed by atoms with Crippen molar-refractivity contribution in [3.05, 3.63) is 34.7 Å². The molecule has 1 saturated heterocycles. The molecule has 30 heavy (non-hydrogen) atoms. The molecule has 1 amide bonds. The van der Waals surface area contributed by atoms with Gasteiger partial charge in [0.15, 0.2) is 0 Å². The number of methoxy groups -OCH3 is 1. The maximum absolute atomic E-state index is 12.8. The number of amides is 1. The molecule has 0 N–H and O–H groups in total. The molecule has 162 valence electrons. The van der Waals surface area contributed by atoms with Crippen LogP contribution in [0.5, 0.6) is 5.75 Å². The highest BCUT2D eigenvalue weighted by Gasteiger charge is 2.31. The van der Waals surface area contributed by atoms with Crippen molar-refractivity contribution in [2.45, 2.75) is 65.5 Å². The zero-order valence-electron chi connectivity index (χ0n) is 18.7. The van der Waals surface area contributed by atoms with E-state index in [-0.39, 0.29) is 5.91 Å². The first-order valence-electron chi connectivity index (χ1n) is 11.1. The molecule has 1 aromatic heterocycles. The zero-order chi connectivity index (χ0) is 21.3. The Hall–Kier alpha value is -2.34. The van der Waals surface area contributed by atoms with Crippen LogP contribution in [0.15, 0.2) is 16.5 Å². The Morgan fingerprint density at radius 1 is 1.10 bits per heavy atom. The van der Waals surface area contributed by atoms with Crippen molar-refractivity contribution in [2.24, 2.45) is 0 Å². The number of nitrogens with zero attached hydrogens (tertiary/aromatic N) is 3. The van der Waals surface area contributed by atoms with Gasteiger partial charge in [0.2, 0.25) is 11.8 Å². The van der Waals surface area contributed by atoms with Crippen molar-refractivity contribution >= 4 is 5.91 Å². The third-order valence-electron chi connectivity index (χ3n) is 6.81. The van der Waals surface area contributed by atoms with Crippen molar-refractivity contribution in [3.8, 4) is 17.2 Å². The first kappa shape index (κ1) is 20.9. The predicted octanol–water partition coefficient (Wildman–Crippen LogP) is 4.25. The van der Waals surface area contributed by atoms with Gasteiger partial charge in [-0.1, -0.05) is 19.3 Å². The molecular weight excluding hydrogens is 378 g/mol. The van der Waals surface area contributed by atoms with Crippen molar-refractivity contribution in [1.82, 2.24) is 14.8 Å². The highest BCUT2D eigenvalue weighted by atomic mass is 16.5. The highest BCUT2D eigenvalue weighted by Crippen LogP contribution is 2.32. The lowest BCUT2D eigenvalue weighted by Gasteiger charge is -2.40. The van der Waals surface area contributed by atoms with Gasteiger partial charge < -0.3 is 14.1 Å². The summed E-state index contributed by atoms with van der Waals surface area (Å²) in [7, 11) is 1.68. The van der Waals surface area contributed by atoms with Gasteiger partial charge in [-0.15, -0.1) is 0 Å². The maximum atomic E-state index is 12.8. The standard InChI is InChI=1S/C24H33N3O3/c1-16-17(2)22(29-4)11-10-20(16)24-25-21(18(3)30-24)14-26-12-13-27(23(28)15-26)19-8-6-5-7-9-19/h10-11,19H,5-9,12-15H2,1-4H3. The fraction of sp³-hybridized carbons (Fsp3) is 0.583. The van der Waals surface area contributed by atoms with Crippen molar-refractivity contribution in [1.29, 1.82) is 0 Å². The molecule has 2 heterocycles. The summed E-state index contributed by atoms with van der Waals surface area (Å²) in [5.41, 5.74) is 4.10. The van der Waals surface area contributed by atoms with Gasteiger partial charge in [0.25, 0.3) is 0 Å². The van der Waals surface area contributed by atoms with Crippen molar-refractivity contribution in [2.75, 3.05) is 26.7 Å². The second-order valence-corrected chi connectivity index (χ2v) is 8.68. The summed E-state index contributed by atoms with van der Waals surface area (Å²) in [5, 5.41) is 0. The largest absolute Gasteiger partial charge is 0.496 e. The fourth-order valence-corrected chi connectivity index (χ4v) is 4.80. The number of carbonyl (C=O) groups excluding carboxylic acids is 1. The van der Waals surface area contributed by atoms with Crippen LogP contribution in [0, 0.1) is 20.8 Å². The van der Waals surface area contributed by atoms with Gasteiger partial charge in [0.1, 0.15) is 11.5 Å². The monoisotopic (exact) mass is 411 g/mol. The highest BCUT2D eigenvalue weighted by molar-refractivity contribution is 5.79. The normalized spacial score (nSPS) is 18.8. The van der Waals surface area contributed by atoms with E-state index in [1.807, 2.05) is 26.0 Å². The molecule has 0 unspecified atom stereocenters. The number of aryl methyl sites for hydroxylation is 1. The molecule has 2 aliphatic rings. The molecule has 4 rings (SSSR count). The quantitative estimate of drug-likeness (QED) is 0.736. The second kappa shape index (κ2) is 8.80. The van der Waals surface area contributed by atoms with Crippen molar-refractivity contribution < 1.29 is 13.9 Å². The third-order valence-corrected chi connectivity index (χ3v) is 6.81. The average molecular weight is 412 g/mol. The average Bonchev–Trinajstić information content (AvgIpc) is 3.10. The molecule has 1 aromatic carbocycles. The molecule has 0 spiro atoms. The van der Waals surface area contributed by atoms with E-state index >= 15 is 0 Å². The van der Waals surface area contributed by atoms with Crippen LogP contribution >= 0.6 is 0 Å². The number of benzene rings is 1. The lowest BCUT2D eigenvalue weighted by Crippen LogP contribution is -2.54. The molecule has 2 fully saturated rings. The summed E-state index contributed by atoms with van der Waals surface area (Å²) in [6.45, 7) is 8.90. The topological polar surface area (TPSA) is 58.8 Å². The summed E-state index contributed by atoms with van der Waals surface area (Å²) in [6.07, 6.45) is 6.15. The van der Waals surface area contributed by atoms with Gasteiger partial charge in [0.05, 0.1) is 19.3 Å². The minimum atomic E-state index is 0.260. The van der Waals surface area contributed by atoms with E-state index in [2.05, 4.69) is 16.7 Å². The SMILES string of the molecule is COc1ccc(-c2nc(CN3CCN(C4CCCCC4)C(=O)C3)c(C)o2)c(C)c1C. The van der Waals surface area contributed by atoms with Crippen molar-refractivity contribution in [3.63, 3.8) is 0 Å². The molecule has 6 heteroatoms. The minimum Gasteiger partial charge on any atom is -0.496 e. The summed E-state index contributed by atoms with van der Waals surface area (Å²) < 4.78 is 11.4. The first-order valence-corrected chi connectivity index (χ1v) is 11.1. The Morgan fingerprint density at radius 2 is 1.87 bits per heavy atom. The van der Waals surface area contributed by atoms with Gasteiger partial charge in [-0.2, -0.15) is 0 Å². The van der Waals surface area contributed by atoms with E-state index in [1.165, 1.54) is 19.3 Å². The Kier molecular flexibility index (Phi) is 6.14. The van der Waals surface area contributed by atoms with E-state index in [1.54, 1.807) is 7.11 Å². The van der Waals surface area contributed by atoms with Crippen LogP contribution in [-0.2, 0) is 11.3 Å². The van der Waals surface area contributed by atoms with Gasteiger partial charge in [-0.25, -0.2) is 4.98 Å². The van der Waals surface area contributed by atoms with Gasteiger partial charge in [0, 0.05) is 31.2 Å². The molecule has 0 atom stereocenters. The molecule has 2 aromatic rings. The number of aromatic nitrogens is 1. The molecule has 1 saturated carbocycles. The van der Waals surface area contributed by atoms with E-state index < -0.39 is 0 Å². The Labute approximate surface area is 179 Å². The number of rotatable bonds is 5. The van der Waals surface area contributed by atoms with Gasteiger partial charge in [-0.05, 0) is 56.9 Å². The molecule has 0 radical (unpaired) electrons. The Bertz CT molecular complexity index is 915. The van der Waals surface area contributed by atoms with E-state index in [9.17, 15) is 4.79 Å². The van der Waals surface area contributed by atoms with Crippen LogP contribution in [0.4, 0.5) is 0 Å². The first-order chi connectivity index (χ1) is 14.5. The van der Waals surface area contributed by atoms with Crippen LogP contribution in [0.25, 0.3) is 11.5 Å². The summed E-state index contributed by atoms with van der Waals surface area (Å²) in [4.78, 5) is 21.9. The van der Waals surface area contributed by atoms with Gasteiger partial charge >= 0.3 is 0 Å². The second-order valence-electron chi connectivity index (χ2n) is 8.68. The summed E-state index contributed by atoms with van der Waals surface area (Å²) >= 11 is 0. The zero-order valence-corrected chi connectivity index (χ0v) is 18.7. The number of hydrogen-bond donors (Lipinski definition) is 0. The molecule has 0 bridgehead atoms. The lowest BCUT2D eigenvalue weighted by molar-refractivity contribution is -0.139. The van der Waals surface area contributed by atoms with E-state index in [4.69, 9.17) is 14.1 Å². The Balaban J connectivity index is 1.45. The third kappa shape index (κ3) is 4.10. The maximum Gasteiger partial charge on any atom is 0.237 e. The van der Waals surface area contributed by atoms with E-state index in [0.717, 1.165) is 59.8 Å².